The number of rotatable bonds is 3. The van der Waals surface area contributed by atoms with Gasteiger partial charge in [-0.3, -0.25) is 4.68 Å². The Hall–Kier alpha value is -2.80. The van der Waals surface area contributed by atoms with Gasteiger partial charge in [0.2, 0.25) is 0 Å². The molecule has 0 bridgehead atoms. The highest BCUT2D eigenvalue weighted by molar-refractivity contribution is 5.84. The van der Waals surface area contributed by atoms with Crippen molar-refractivity contribution in [3.63, 3.8) is 0 Å². The van der Waals surface area contributed by atoms with Crippen molar-refractivity contribution < 1.29 is 4.39 Å². The monoisotopic (exact) mass is 418 g/mol. The van der Waals surface area contributed by atoms with Crippen LogP contribution in [0.15, 0.2) is 30.6 Å². The Morgan fingerprint density at radius 1 is 0.935 bits per heavy atom. The Kier molecular flexibility index (Phi) is 4.35. The summed E-state index contributed by atoms with van der Waals surface area (Å²) >= 11 is 0. The molecule has 0 atom stereocenters. The van der Waals surface area contributed by atoms with Gasteiger partial charge in [-0.2, -0.15) is 10.2 Å². The normalized spacial score (nSPS) is 18.8. The van der Waals surface area contributed by atoms with Gasteiger partial charge in [0.25, 0.3) is 0 Å². The summed E-state index contributed by atoms with van der Waals surface area (Å²) in [6.07, 6.45) is 10.1. The van der Waals surface area contributed by atoms with E-state index in [1.54, 1.807) is 10.6 Å². The molecule has 7 heteroatoms. The van der Waals surface area contributed by atoms with E-state index >= 15 is 4.39 Å². The molecule has 1 saturated heterocycles. The first-order valence-corrected chi connectivity index (χ1v) is 11.3. The fourth-order valence-electron chi connectivity index (χ4n) is 5.10. The Labute approximate surface area is 180 Å². The van der Waals surface area contributed by atoms with Crippen LogP contribution in [-0.2, 0) is 0 Å². The minimum Gasteiger partial charge on any atom is -0.300 e. The average Bonchev–Trinajstić information content (AvgIpc) is 3.31. The van der Waals surface area contributed by atoms with Crippen LogP contribution in [0.3, 0.4) is 0 Å². The molecule has 0 N–H and O–H groups in total. The van der Waals surface area contributed by atoms with E-state index in [1.165, 1.54) is 19.3 Å². The minimum atomic E-state index is -0.292. The molecule has 6 nitrogen and oxygen atoms in total. The largest absolute Gasteiger partial charge is 0.300 e. The summed E-state index contributed by atoms with van der Waals surface area (Å²) in [4.78, 5) is 7.13. The van der Waals surface area contributed by atoms with Crippen molar-refractivity contribution in [2.75, 3.05) is 13.1 Å². The van der Waals surface area contributed by atoms with Crippen LogP contribution in [0, 0.1) is 19.7 Å². The topological polar surface area (TPSA) is 51.3 Å². The van der Waals surface area contributed by atoms with Gasteiger partial charge in [-0.15, -0.1) is 0 Å². The van der Waals surface area contributed by atoms with Gasteiger partial charge in [0.05, 0.1) is 23.6 Å². The standard InChI is InChI=1S/C24H27FN6/c1-15-10-22(27-31-13-16(2)26-24(15)31)17-11-18-14-30(28-23(18)21(25)12-17)20-6-8-29(9-7-20)19-4-3-5-19/h10-14,19-20H,3-9H2,1-2H3. The quantitative estimate of drug-likeness (QED) is 0.484. The molecule has 0 radical (unpaired) electrons. The van der Waals surface area contributed by atoms with Crippen LogP contribution in [0.2, 0.25) is 0 Å². The van der Waals surface area contributed by atoms with E-state index in [-0.39, 0.29) is 5.82 Å². The van der Waals surface area contributed by atoms with Crippen molar-refractivity contribution in [1.82, 2.24) is 29.3 Å². The minimum absolute atomic E-state index is 0.292. The first kappa shape index (κ1) is 18.9. The number of halogens is 1. The lowest BCUT2D eigenvalue weighted by molar-refractivity contribution is 0.0843. The SMILES string of the molecule is Cc1cn2nc(-c3cc(F)c4nn(C5CCN(C6CCC6)CC5)cc4c3)cc(C)c2n1. The third kappa shape index (κ3) is 3.22. The summed E-state index contributed by atoms with van der Waals surface area (Å²) < 4.78 is 18.8. The van der Waals surface area contributed by atoms with Crippen LogP contribution in [0.5, 0.6) is 0 Å². The second-order valence-corrected chi connectivity index (χ2v) is 9.22. The Morgan fingerprint density at radius 2 is 1.74 bits per heavy atom. The van der Waals surface area contributed by atoms with Gasteiger partial charge in [0.15, 0.2) is 11.5 Å². The number of imidazole rings is 1. The maximum absolute atomic E-state index is 15.0. The van der Waals surface area contributed by atoms with Crippen molar-refractivity contribution in [1.29, 1.82) is 0 Å². The molecule has 31 heavy (non-hydrogen) atoms. The van der Waals surface area contributed by atoms with Crippen LogP contribution in [0.1, 0.15) is 49.4 Å². The Balaban J connectivity index is 1.31. The summed E-state index contributed by atoms with van der Waals surface area (Å²) in [5.41, 5.74) is 4.72. The van der Waals surface area contributed by atoms with Crippen LogP contribution in [0.25, 0.3) is 27.8 Å². The first-order chi connectivity index (χ1) is 15.0. The van der Waals surface area contributed by atoms with Crippen LogP contribution < -0.4 is 0 Å². The molecule has 160 valence electrons. The van der Waals surface area contributed by atoms with Crippen molar-refractivity contribution in [3.05, 3.63) is 47.7 Å². The van der Waals surface area contributed by atoms with Crippen LogP contribution in [-0.4, -0.2) is 48.4 Å². The number of hydrogen-bond acceptors (Lipinski definition) is 4. The van der Waals surface area contributed by atoms with Gasteiger partial charge in [-0.05, 0) is 63.3 Å². The van der Waals surface area contributed by atoms with Crippen molar-refractivity contribution in [3.8, 4) is 11.3 Å². The zero-order valence-corrected chi connectivity index (χ0v) is 18.1. The number of benzene rings is 1. The molecule has 1 saturated carbocycles. The van der Waals surface area contributed by atoms with E-state index < -0.39 is 0 Å². The van der Waals surface area contributed by atoms with E-state index in [2.05, 4.69) is 20.1 Å². The molecule has 0 unspecified atom stereocenters. The molecule has 2 aliphatic rings. The molecule has 1 aromatic carbocycles. The zero-order chi connectivity index (χ0) is 21.1. The maximum Gasteiger partial charge on any atom is 0.156 e. The van der Waals surface area contributed by atoms with E-state index in [4.69, 9.17) is 0 Å². The predicted octanol–water partition coefficient (Wildman–Crippen LogP) is 4.69. The van der Waals surface area contributed by atoms with Gasteiger partial charge >= 0.3 is 0 Å². The summed E-state index contributed by atoms with van der Waals surface area (Å²) in [5, 5.41) is 10.1. The van der Waals surface area contributed by atoms with Crippen LogP contribution in [0.4, 0.5) is 4.39 Å². The fraction of sp³-hybridized carbons (Fsp3) is 0.458. The smallest absolute Gasteiger partial charge is 0.156 e. The van der Waals surface area contributed by atoms with Gasteiger partial charge in [0.1, 0.15) is 5.52 Å². The van der Waals surface area contributed by atoms with Crippen molar-refractivity contribution in [2.24, 2.45) is 0 Å². The van der Waals surface area contributed by atoms with Crippen molar-refractivity contribution >= 4 is 16.6 Å². The highest BCUT2D eigenvalue weighted by Crippen LogP contribution is 2.32. The second-order valence-electron chi connectivity index (χ2n) is 9.22. The molecule has 0 spiro atoms. The predicted molar refractivity (Wildman–Crippen MR) is 119 cm³/mol. The van der Waals surface area contributed by atoms with Gasteiger partial charge < -0.3 is 4.90 Å². The van der Waals surface area contributed by atoms with E-state index in [9.17, 15) is 0 Å². The van der Waals surface area contributed by atoms with Gasteiger partial charge in [0, 0.05) is 36.3 Å². The molecule has 2 fully saturated rings. The molecule has 3 aromatic heterocycles. The number of likely N-dealkylation sites (tertiary alicyclic amines) is 1. The fourth-order valence-corrected chi connectivity index (χ4v) is 5.10. The lowest BCUT2D eigenvalue weighted by Gasteiger charge is -2.41. The maximum atomic E-state index is 15.0. The molecular weight excluding hydrogens is 391 g/mol. The summed E-state index contributed by atoms with van der Waals surface area (Å²) in [5.74, 6) is -0.292. The Bertz CT molecular complexity index is 1280. The van der Waals surface area contributed by atoms with Gasteiger partial charge in [-0.25, -0.2) is 13.9 Å². The number of hydrogen-bond donors (Lipinski definition) is 0. The molecule has 0 amide bonds. The van der Waals surface area contributed by atoms with Gasteiger partial charge in [-0.1, -0.05) is 6.42 Å². The lowest BCUT2D eigenvalue weighted by atomic mass is 9.89. The molecule has 1 aliphatic heterocycles. The van der Waals surface area contributed by atoms with E-state index in [0.717, 1.165) is 65.5 Å². The van der Waals surface area contributed by atoms with Crippen LogP contribution >= 0.6 is 0 Å². The number of aromatic nitrogens is 5. The summed E-state index contributed by atoms with van der Waals surface area (Å²) in [7, 11) is 0. The third-order valence-electron chi connectivity index (χ3n) is 7.07. The van der Waals surface area contributed by atoms with E-state index in [1.807, 2.05) is 43.1 Å². The van der Waals surface area contributed by atoms with E-state index in [0.29, 0.717) is 11.6 Å². The number of aryl methyl sites for hydroxylation is 2. The molecule has 4 aromatic rings. The average molecular weight is 419 g/mol. The van der Waals surface area contributed by atoms with Crippen molar-refractivity contribution in [2.45, 2.75) is 58.0 Å². The summed E-state index contributed by atoms with van der Waals surface area (Å²) in [6, 6.07) is 6.67. The lowest BCUT2D eigenvalue weighted by Crippen LogP contribution is -2.45. The number of nitrogens with zero attached hydrogens (tertiary/aromatic N) is 6. The molecule has 1 aliphatic carbocycles. The highest BCUT2D eigenvalue weighted by atomic mass is 19.1. The molecule has 6 rings (SSSR count). The zero-order valence-electron chi connectivity index (χ0n) is 18.1. The summed E-state index contributed by atoms with van der Waals surface area (Å²) in [6.45, 7) is 6.19. The second kappa shape index (κ2) is 7.12. The number of piperidine rings is 1. The third-order valence-corrected chi connectivity index (χ3v) is 7.07. The molecule has 4 heterocycles. The highest BCUT2D eigenvalue weighted by Gasteiger charge is 2.29. The first-order valence-electron chi connectivity index (χ1n) is 11.3. The Morgan fingerprint density at radius 3 is 2.48 bits per heavy atom. The number of fused-ring (bicyclic) bond motifs is 2. The molecular formula is C24H27FN6.